The molecule has 0 spiro atoms. The predicted molar refractivity (Wildman–Crippen MR) is 59.5 cm³/mol. The van der Waals surface area contributed by atoms with Gasteiger partial charge in [0.05, 0.1) is 11.7 Å². The lowest BCUT2D eigenvalue weighted by atomic mass is 10.1. The number of hydrogen-bond acceptors (Lipinski definition) is 3. The third-order valence-corrected chi connectivity index (χ3v) is 2.56. The monoisotopic (exact) mass is 204 g/mol. The number of hydrogen-bond donors (Lipinski definition) is 0. The minimum Gasteiger partial charge on any atom is -0.381 e. The van der Waals surface area contributed by atoms with Crippen molar-refractivity contribution < 1.29 is 4.74 Å². The van der Waals surface area contributed by atoms with Gasteiger partial charge in [0.15, 0.2) is 0 Å². The molecule has 0 aromatic heterocycles. The summed E-state index contributed by atoms with van der Waals surface area (Å²) in [7, 11) is 0. The third-order valence-electron chi connectivity index (χ3n) is 2.56. The van der Waals surface area contributed by atoms with Gasteiger partial charge in [-0.05, 0) is 31.9 Å². The van der Waals surface area contributed by atoms with Crippen LogP contribution in [0.15, 0.2) is 34.5 Å². The van der Waals surface area contributed by atoms with E-state index in [1.165, 1.54) is 5.56 Å². The van der Waals surface area contributed by atoms with Crippen LogP contribution in [-0.2, 0) is 4.74 Å². The molecule has 3 heteroatoms. The van der Waals surface area contributed by atoms with Gasteiger partial charge in [-0.3, -0.25) is 0 Å². The average molecular weight is 204 g/mol. The molecule has 1 aromatic carbocycles. The first kappa shape index (κ1) is 10.3. The zero-order valence-electron chi connectivity index (χ0n) is 9.02. The average Bonchev–Trinajstić information content (AvgIpc) is 2.30. The molecular weight excluding hydrogens is 188 g/mol. The Balaban J connectivity index is 1.95. The second-order valence-corrected chi connectivity index (χ2v) is 3.89. The first-order valence-corrected chi connectivity index (χ1v) is 5.40. The van der Waals surface area contributed by atoms with Crippen molar-refractivity contribution in [3.8, 4) is 0 Å². The summed E-state index contributed by atoms with van der Waals surface area (Å²) in [5, 5.41) is 8.57. The quantitative estimate of drug-likeness (QED) is 0.681. The van der Waals surface area contributed by atoms with Crippen LogP contribution in [0.3, 0.4) is 0 Å². The highest BCUT2D eigenvalue weighted by atomic mass is 16.5. The van der Waals surface area contributed by atoms with Crippen LogP contribution in [0, 0.1) is 6.92 Å². The van der Waals surface area contributed by atoms with Crippen LogP contribution in [0.1, 0.15) is 18.4 Å². The molecule has 1 aliphatic heterocycles. The minimum atomic E-state index is 0.347. The van der Waals surface area contributed by atoms with Crippen molar-refractivity contribution in [3.63, 3.8) is 0 Å². The summed E-state index contributed by atoms with van der Waals surface area (Å²) in [4.78, 5) is 0. The second kappa shape index (κ2) is 5.03. The van der Waals surface area contributed by atoms with Crippen molar-refractivity contribution in [2.45, 2.75) is 25.8 Å². The lowest BCUT2D eigenvalue weighted by Crippen LogP contribution is -2.17. The van der Waals surface area contributed by atoms with E-state index in [2.05, 4.69) is 29.3 Å². The van der Waals surface area contributed by atoms with Gasteiger partial charge in [0.2, 0.25) is 0 Å². The molecule has 1 saturated heterocycles. The smallest absolute Gasteiger partial charge is 0.0852 e. The van der Waals surface area contributed by atoms with Crippen LogP contribution in [0.25, 0.3) is 0 Å². The Labute approximate surface area is 90.2 Å². The summed E-state index contributed by atoms with van der Waals surface area (Å²) in [6, 6.07) is 8.45. The molecule has 0 radical (unpaired) electrons. The summed E-state index contributed by atoms with van der Waals surface area (Å²) in [6.07, 6.45) is 1.99. The van der Waals surface area contributed by atoms with Crippen molar-refractivity contribution in [3.05, 3.63) is 29.8 Å². The zero-order valence-corrected chi connectivity index (χ0v) is 9.02. The van der Waals surface area contributed by atoms with Crippen molar-refractivity contribution in [1.29, 1.82) is 0 Å². The van der Waals surface area contributed by atoms with E-state index in [1.807, 2.05) is 12.1 Å². The number of rotatable bonds is 2. The van der Waals surface area contributed by atoms with Gasteiger partial charge in [0, 0.05) is 13.2 Å². The lowest BCUT2D eigenvalue weighted by molar-refractivity contribution is 0.0858. The SMILES string of the molecule is Cc1ccc(N=NC2CCOCC2)cc1. The fourth-order valence-corrected chi connectivity index (χ4v) is 1.56. The Morgan fingerprint density at radius 1 is 1.13 bits per heavy atom. The van der Waals surface area contributed by atoms with Crippen LogP contribution in [0.2, 0.25) is 0 Å². The van der Waals surface area contributed by atoms with Gasteiger partial charge >= 0.3 is 0 Å². The summed E-state index contributed by atoms with van der Waals surface area (Å²) >= 11 is 0. The predicted octanol–water partition coefficient (Wildman–Crippen LogP) is 3.26. The van der Waals surface area contributed by atoms with Crippen LogP contribution < -0.4 is 0 Å². The van der Waals surface area contributed by atoms with Crippen molar-refractivity contribution in [1.82, 2.24) is 0 Å². The van der Waals surface area contributed by atoms with E-state index in [1.54, 1.807) is 0 Å². The van der Waals surface area contributed by atoms with Gasteiger partial charge in [0.25, 0.3) is 0 Å². The number of ether oxygens (including phenoxy) is 1. The number of benzene rings is 1. The molecule has 15 heavy (non-hydrogen) atoms. The Morgan fingerprint density at radius 2 is 1.80 bits per heavy atom. The highest BCUT2D eigenvalue weighted by molar-refractivity contribution is 5.37. The number of aryl methyl sites for hydroxylation is 1. The topological polar surface area (TPSA) is 34.0 Å². The van der Waals surface area contributed by atoms with E-state index in [9.17, 15) is 0 Å². The fourth-order valence-electron chi connectivity index (χ4n) is 1.56. The Kier molecular flexibility index (Phi) is 3.45. The van der Waals surface area contributed by atoms with Gasteiger partial charge in [-0.15, -0.1) is 0 Å². The molecule has 0 amide bonds. The summed E-state index contributed by atoms with van der Waals surface area (Å²) in [5.74, 6) is 0. The van der Waals surface area contributed by atoms with Crippen LogP contribution in [-0.4, -0.2) is 19.3 Å². The third kappa shape index (κ3) is 3.13. The highest BCUT2D eigenvalue weighted by Crippen LogP contribution is 2.17. The molecule has 0 unspecified atom stereocenters. The van der Waals surface area contributed by atoms with E-state index in [-0.39, 0.29) is 0 Å². The molecule has 3 nitrogen and oxygen atoms in total. The van der Waals surface area contributed by atoms with Crippen molar-refractivity contribution in [2.24, 2.45) is 10.2 Å². The van der Waals surface area contributed by atoms with Crippen LogP contribution in [0.4, 0.5) is 5.69 Å². The standard InChI is InChI=1S/C12H16N2O/c1-10-2-4-11(5-3-10)13-14-12-6-8-15-9-7-12/h2-5,12H,6-9H2,1H3. The molecule has 1 fully saturated rings. The molecule has 80 valence electrons. The van der Waals surface area contributed by atoms with Gasteiger partial charge in [0.1, 0.15) is 0 Å². The van der Waals surface area contributed by atoms with E-state index >= 15 is 0 Å². The summed E-state index contributed by atoms with van der Waals surface area (Å²) in [6.45, 7) is 3.70. The molecule has 0 atom stereocenters. The van der Waals surface area contributed by atoms with Crippen molar-refractivity contribution >= 4 is 5.69 Å². The van der Waals surface area contributed by atoms with E-state index in [4.69, 9.17) is 4.74 Å². The zero-order chi connectivity index (χ0) is 10.5. The molecule has 0 N–H and O–H groups in total. The van der Waals surface area contributed by atoms with Gasteiger partial charge < -0.3 is 4.74 Å². The first-order valence-electron chi connectivity index (χ1n) is 5.40. The number of nitrogens with zero attached hydrogens (tertiary/aromatic N) is 2. The summed E-state index contributed by atoms with van der Waals surface area (Å²) < 4.78 is 5.27. The fraction of sp³-hybridized carbons (Fsp3) is 0.500. The van der Waals surface area contributed by atoms with Gasteiger partial charge in [-0.1, -0.05) is 17.7 Å². The molecule has 2 rings (SSSR count). The largest absolute Gasteiger partial charge is 0.381 e. The van der Waals surface area contributed by atoms with Gasteiger partial charge in [-0.25, -0.2) is 0 Å². The van der Waals surface area contributed by atoms with Crippen LogP contribution >= 0.6 is 0 Å². The Bertz CT molecular complexity index is 326. The molecule has 0 aliphatic carbocycles. The minimum absolute atomic E-state index is 0.347. The molecule has 1 heterocycles. The van der Waals surface area contributed by atoms with E-state index in [0.29, 0.717) is 6.04 Å². The maximum absolute atomic E-state index is 5.27. The maximum Gasteiger partial charge on any atom is 0.0852 e. The molecular formula is C12H16N2O. The summed E-state index contributed by atoms with van der Waals surface area (Å²) in [5.41, 5.74) is 2.19. The maximum atomic E-state index is 5.27. The Hall–Kier alpha value is -1.22. The molecule has 0 saturated carbocycles. The molecule has 1 aliphatic rings. The lowest BCUT2D eigenvalue weighted by Gasteiger charge is -2.16. The van der Waals surface area contributed by atoms with Crippen molar-refractivity contribution in [2.75, 3.05) is 13.2 Å². The van der Waals surface area contributed by atoms with Crippen LogP contribution in [0.5, 0.6) is 0 Å². The van der Waals surface area contributed by atoms with E-state index in [0.717, 1.165) is 31.7 Å². The van der Waals surface area contributed by atoms with Gasteiger partial charge in [-0.2, -0.15) is 10.2 Å². The second-order valence-electron chi connectivity index (χ2n) is 3.89. The highest BCUT2D eigenvalue weighted by Gasteiger charge is 2.11. The van der Waals surface area contributed by atoms with E-state index < -0.39 is 0 Å². The first-order chi connectivity index (χ1) is 7.34. The normalized spacial score (nSPS) is 18.5. The number of azo groups is 1. The molecule has 1 aromatic rings. The Morgan fingerprint density at radius 3 is 2.47 bits per heavy atom. The molecule has 0 bridgehead atoms.